The molecule has 1 N–H and O–H groups in total. The molecular weight excluding hydrogens is 288 g/mol. The Balaban J connectivity index is 1.48. The summed E-state index contributed by atoms with van der Waals surface area (Å²) >= 11 is 0. The second-order valence-electron chi connectivity index (χ2n) is 6.03. The minimum Gasteiger partial charge on any atom is -0.333 e. The predicted octanol–water partition coefficient (Wildman–Crippen LogP) is 1.78. The lowest BCUT2D eigenvalue weighted by Gasteiger charge is -2.24. The normalized spacial score (nSPS) is 17.2. The summed E-state index contributed by atoms with van der Waals surface area (Å²) in [4.78, 5) is 8.58. The number of imidazole rings is 1. The monoisotopic (exact) mass is 308 g/mol. The lowest BCUT2D eigenvalue weighted by Crippen LogP contribution is -2.36. The highest BCUT2D eigenvalue weighted by molar-refractivity contribution is 5.61. The van der Waals surface area contributed by atoms with Gasteiger partial charge in [0.1, 0.15) is 5.82 Å². The fourth-order valence-corrected chi connectivity index (χ4v) is 3.20. The number of fused-ring (bicyclic) bond motifs is 1. The molecule has 6 heteroatoms. The van der Waals surface area contributed by atoms with Gasteiger partial charge in [-0.1, -0.05) is 0 Å². The van der Waals surface area contributed by atoms with Crippen molar-refractivity contribution in [2.75, 3.05) is 0 Å². The van der Waals surface area contributed by atoms with E-state index in [4.69, 9.17) is 0 Å². The molecule has 0 aliphatic carbocycles. The van der Waals surface area contributed by atoms with Crippen LogP contribution in [0, 0.1) is 0 Å². The van der Waals surface area contributed by atoms with Crippen LogP contribution in [-0.2, 0) is 26.6 Å². The van der Waals surface area contributed by atoms with Gasteiger partial charge in [-0.05, 0) is 18.6 Å². The standard InChI is InChI=1S/C17H20N6/c1-22-11-14(17(21-22)13-3-2-6-18-9-13)10-20-15-4-5-16-19-7-8-23(16)12-15/h2-3,6-9,11,15,20H,4-5,10,12H2,1H3. The van der Waals surface area contributed by atoms with Gasteiger partial charge in [0.25, 0.3) is 0 Å². The fraction of sp³-hybridized carbons (Fsp3) is 0.353. The third-order valence-corrected chi connectivity index (χ3v) is 4.36. The number of aromatic nitrogens is 5. The van der Waals surface area contributed by atoms with Crippen molar-refractivity contribution in [3.63, 3.8) is 0 Å². The zero-order valence-corrected chi connectivity index (χ0v) is 13.2. The molecular formula is C17H20N6. The van der Waals surface area contributed by atoms with E-state index in [1.807, 2.05) is 30.2 Å². The van der Waals surface area contributed by atoms with E-state index in [2.05, 4.69) is 43.4 Å². The van der Waals surface area contributed by atoms with Crippen molar-refractivity contribution in [2.45, 2.75) is 32.0 Å². The summed E-state index contributed by atoms with van der Waals surface area (Å²) in [6.07, 6.45) is 11.8. The van der Waals surface area contributed by atoms with Gasteiger partial charge in [0.05, 0.1) is 5.69 Å². The number of nitrogens with one attached hydrogen (secondary N) is 1. The molecule has 1 unspecified atom stereocenters. The summed E-state index contributed by atoms with van der Waals surface area (Å²) in [6, 6.07) is 4.47. The highest BCUT2D eigenvalue weighted by Gasteiger charge is 2.19. The molecule has 0 fully saturated rings. The topological polar surface area (TPSA) is 60.6 Å². The van der Waals surface area contributed by atoms with Crippen LogP contribution in [0.15, 0.2) is 43.1 Å². The van der Waals surface area contributed by atoms with Crippen molar-refractivity contribution in [3.05, 3.63) is 54.5 Å². The van der Waals surface area contributed by atoms with Gasteiger partial charge in [0, 0.05) is 74.7 Å². The van der Waals surface area contributed by atoms with Crippen LogP contribution in [-0.4, -0.2) is 30.4 Å². The van der Waals surface area contributed by atoms with E-state index < -0.39 is 0 Å². The van der Waals surface area contributed by atoms with Gasteiger partial charge in [0.15, 0.2) is 0 Å². The Kier molecular flexibility index (Phi) is 3.67. The van der Waals surface area contributed by atoms with Crippen LogP contribution in [0.4, 0.5) is 0 Å². The molecule has 6 nitrogen and oxygen atoms in total. The molecule has 0 bridgehead atoms. The summed E-state index contributed by atoms with van der Waals surface area (Å²) in [5.41, 5.74) is 3.27. The molecule has 118 valence electrons. The van der Waals surface area contributed by atoms with E-state index in [-0.39, 0.29) is 0 Å². The second kappa shape index (κ2) is 5.96. The SMILES string of the molecule is Cn1cc(CNC2CCc3nccn3C2)c(-c2cccnc2)n1. The summed E-state index contributed by atoms with van der Waals surface area (Å²) in [6.45, 7) is 1.80. The first-order valence-corrected chi connectivity index (χ1v) is 7.96. The van der Waals surface area contributed by atoms with Crippen LogP contribution in [0.1, 0.15) is 17.8 Å². The average molecular weight is 308 g/mol. The molecule has 1 aliphatic heterocycles. The van der Waals surface area contributed by atoms with Gasteiger partial charge in [-0.3, -0.25) is 9.67 Å². The number of rotatable bonds is 4. The second-order valence-corrected chi connectivity index (χ2v) is 6.03. The Labute approximate surface area is 135 Å². The van der Waals surface area contributed by atoms with E-state index >= 15 is 0 Å². The van der Waals surface area contributed by atoms with E-state index in [1.165, 1.54) is 11.4 Å². The minimum atomic E-state index is 0.471. The zero-order chi connectivity index (χ0) is 15.6. The van der Waals surface area contributed by atoms with Crippen LogP contribution in [0.2, 0.25) is 0 Å². The Hall–Kier alpha value is -2.47. The van der Waals surface area contributed by atoms with Crippen LogP contribution < -0.4 is 5.32 Å². The molecule has 3 aromatic heterocycles. The Morgan fingerprint density at radius 3 is 3.17 bits per heavy atom. The molecule has 4 heterocycles. The van der Waals surface area contributed by atoms with E-state index in [0.29, 0.717) is 6.04 Å². The third-order valence-electron chi connectivity index (χ3n) is 4.36. The van der Waals surface area contributed by atoms with Crippen molar-refractivity contribution in [1.29, 1.82) is 0 Å². The lowest BCUT2D eigenvalue weighted by molar-refractivity contribution is 0.379. The number of aryl methyl sites for hydroxylation is 2. The summed E-state index contributed by atoms with van der Waals surface area (Å²) in [7, 11) is 1.96. The molecule has 0 spiro atoms. The lowest BCUT2D eigenvalue weighted by atomic mass is 10.1. The van der Waals surface area contributed by atoms with Gasteiger partial charge < -0.3 is 9.88 Å². The molecule has 0 amide bonds. The maximum Gasteiger partial charge on any atom is 0.108 e. The largest absolute Gasteiger partial charge is 0.333 e. The molecule has 23 heavy (non-hydrogen) atoms. The van der Waals surface area contributed by atoms with Crippen LogP contribution in [0.3, 0.4) is 0 Å². The first-order valence-electron chi connectivity index (χ1n) is 7.96. The first-order chi connectivity index (χ1) is 11.3. The van der Waals surface area contributed by atoms with Gasteiger partial charge in [-0.2, -0.15) is 5.10 Å². The highest BCUT2D eigenvalue weighted by Crippen LogP contribution is 2.21. The van der Waals surface area contributed by atoms with Gasteiger partial charge in [-0.25, -0.2) is 4.98 Å². The molecule has 3 aromatic rings. The molecule has 0 saturated carbocycles. The first kappa shape index (κ1) is 14.1. The molecule has 0 radical (unpaired) electrons. The average Bonchev–Trinajstić information content (AvgIpc) is 3.19. The maximum absolute atomic E-state index is 4.59. The van der Waals surface area contributed by atoms with E-state index in [1.54, 1.807) is 6.20 Å². The van der Waals surface area contributed by atoms with Crippen LogP contribution in [0.5, 0.6) is 0 Å². The third kappa shape index (κ3) is 2.90. The molecule has 0 saturated heterocycles. The molecule has 0 aromatic carbocycles. The minimum absolute atomic E-state index is 0.471. The Bertz CT molecular complexity index is 789. The number of pyridine rings is 1. The van der Waals surface area contributed by atoms with E-state index in [0.717, 1.165) is 37.2 Å². The van der Waals surface area contributed by atoms with Gasteiger partial charge >= 0.3 is 0 Å². The van der Waals surface area contributed by atoms with Crippen molar-refractivity contribution in [3.8, 4) is 11.3 Å². The summed E-state index contributed by atoms with van der Waals surface area (Å²) in [5.74, 6) is 1.19. The number of hydrogen-bond donors (Lipinski definition) is 1. The zero-order valence-electron chi connectivity index (χ0n) is 13.2. The quantitative estimate of drug-likeness (QED) is 0.798. The molecule has 4 rings (SSSR count). The Morgan fingerprint density at radius 2 is 2.30 bits per heavy atom. The van der Waals surface area contributed by atoms with Crippen molar-refractivity contribution >= 4 is 0 Å². The number of nitrogens with zero attached hydrogens (tertiary/aromatic N) is 5. The molecule has 1 aliphatic rings. The smallest absolute Gasteiger partial charge is 0.108 e. The summed E-state index contributed by atoms with van der Waals surface area (Å²) in [5, 5.41) is 8.26. The molecule has 1 atom stereocenters. The van der Waals surface area contributed by atoms with Crippen LogP contribution >= 0.6 is 0 Å². The fourth-order valence-electron chi connectivity index (χ4n) is 3.20. The van der Waals surface area contributed by atoms with Crippen molar-refractivity contribution in [2.24, 2.45) is 7.05 Å². The predicted molar refractivity (Wildman–Crippen MR) is 87.6 cm³/mol. The highest BCUT2D eigenvalue weighted by atomic mass is 15.3. The van der Waals surface area contributed by atoms with Gasteiger partial charge in [0.2, 0.25) is 0 Å². The van der Waals surface area contributed by atoms with Gasteiger partial charge in [-0.15, -0.1) is 0 Å². The van der Waals surface area contributed by atoms with Crippen molar-refractivity contribution in [1.82, 2.24) is 29.6 Å². The van der Waals surface area contributed by atoms with Crippen LogP contribution in [0.25, 0.3) is 11.3 Å². The summed E-state index contributed by atoms with van der Waals surface area (Å²) < 4.78 is 4.11. The Morgan fingerprint density at radius 1 is 1.35 bits per heavy atom. The van der Waals surface area contributed by atoms with E-state index in [9.17, 15) is 0 Å². The van der Waals surface area contributed by atoms with Crippen molar-refractivity contribution < 1.29 is 0 Å². The number of hydrogen-bond acceptors (Lipinski definition) is 4. The maximum atomic E-state index is 4.59.